The monoisotopic (exact) mass is 334 g/mol. The second-order valence-electron chi connectivity index (χ2n) is 5.92. The molecule has 1 heterocycles. The molecule has 3 rings (SSSR count). The van der Waals surface area contributed by atoms with Gasteiger partial charge in [0.1, 0.15) is 5.69 Å². The number of fused-ring (bicyclic) bond motifs is 1. The van der Waals surface area contributed by atoms with E-state index in [0.29, 0.717) is 18.8 Å². The minimum atomic E-state index is -0.0962. The van der Waals surface area contributed by atoms with Gasteiger partial charge in [0.25, 0.3) is 5.91 Å². The number of hydrogen-bond acceptors (Lipinski definition) is 2. The smallest absolute Gasteiger partial charge is 0.270 e. The molecule has 0 fully saturated rings. The molecular weight excluding hydrogens is 312 g/mol. The Bertz CT molecular complexity index is 868. The second kappa shape index (κ2) is 7.81. The van der Waals surface area contributed by atoms with Crippen LogP contribution in [0.1, 0.15) is 16.1 Å². The van der Waals surface area contributed by atoms with Crippen molar-refractivity contribution in [3.8, 4) is 0 Å². The predicted molar refractivity (Wildman–Crippen MR) is 101 cm³/mol. The average molecular weight is 334 g/mol. The third kappa shape index (κ3) is 3.64. The van der Waals surface area contributed by atoms with Gasteiger partial charge in [-0.2, -0.15) is 0 Å². The molecule has 0 aliphatic heterocycles. The molecule has 0 radical (unpaired) electrons. The number of aliphatic hydroxyl groups is 1. The molecule has 0 bridgehead atoms. The molecule has 1 N–H and O–H groups in total. The minimum absolute atomic E-state index is 0.0709. The fraction of sp³-hybridized carbons (Fsp3) is 0.190. The van der Waals surface area contributed by atoms with Crippen molar-refractivity contribution in [1.82, 2.24) is 9.47 Å². The van der Waals surface area contributed by atoms with Gasteiger partial charge in [0.2, 0.25) is 0 Å². The van der Waals surface area contributed by atoms with Gasteiger partial charge in [-0.25, -0.2) is 0 Å². The molecule has 0 aliphatic carbocycles. The SMILES string of the molecule is C=CCN(CCO)C(=O)c1cc2ccccc2n1Cc1ccccc1. The van der Waals surface area contributed by atoms with Crippen LogP contribution in [0.3, 0.4) is 0 Å². The Labute approximate surface area is 147 Å². The van der Waals surface area contributed by atoms with Gasteiger partial charge in [0, 0.05) is 30.5 Å². The average Bonchev–Trinajstić information content (AvgIpc) is 3.00. The lowest BCUT2D eigenvalue weighted by Gasteiger charge is -2.21. The highest BCUT2D eigenvalue weighted by Crippen LogP contribution is 2.22. The van der Waals surface area contributed by atoms with E-state index in [4.69, 9.17) is 0 Å². The molecule has 3 aromatic rings. The predicted octanol–water partition coefficient (Wildman–Crippen LogP) is 3.31. The van der Waals surface area contributed by atoms with Gasteiger partial charge in [-0.1, -0.05) is 54.6 Å². The van der Waals surface area contributed by atoms with Crippen molar-refractivity contribution in [3.63, 3.8) is 0 Å². The highest BCUT2D eigenvalue weighted by molar-refractivity contribution is 5.99. The standard InChI is InChI=1S/C21H22N2O2/c1-2-12-22(13-14-24)21(25)20-15-18-10-6-7-11-19(18)23(20)16-17-8-4-3-5-9-17/h2-11,15,24H,1,12-14,16H2. The molecule has 128 valence electrons. The Hall–Kier alpha value is -2.85. The fourth-order valence-electron chi connectivity index (χ4n) is 3.04. The number of aliphatic hydroxyl groups excluding tert-OH is 1. The Balaban J connectivity index is 2.05. The van der Waals surface area contributed by atoms with Gasteiger partial charge in [0.15, 0.2) is 0 Å². The highest BCUT2D eigenvalue weighted by atomic mass is 16.3. The summed E-state index contributed by atoms with van der Waals surface area (Å²) < 4.78 is 2.04. The number of carbonyl (C=O) groups is 1. The maximum atomic E-state index is 13.1. The van der Waals surface area contributed by atoms with Gasteiger partial charge in [-0.15, -0.1) is 6.58 Å². The summed E-state index contributed by atoms with van der Waals surface area (Å²) in [5.74, 6) is -0.0962. The number of nitrogens with zero attached hydrogens (tertiary/aromatic N) is 2. The van der Waals surface area contributed by atoms with Crippen LogP contribution < -0.4 is 0 Å². The molecule has 2 aromatic carbocycles. The van der Waals surface area contributed by atoms with E-state index in [2.05, 4.69) is 18.7 Å². The summed E-state index contributed by atoms with van der Waals surface area (Å²) in [4.78, 5) is 14.7. The maximum Gasteiger partial charge on any atom is 0.270 e. The normalized spacial score (nSPS) is 10.8. The summed E-state index contributed by atoms with van der Waals surface area (Å²) in [6.07, 6.45) is 1.68. The number of rotatable bonds is 7. The molecule has 0 spiro atoms. The largest absolute Gasteiger partial charge is 0.395 e. The first-order chi connectivity index (χ1) is 12.2. The molecular formula is C21H22N2O2. The van der Waals surface area contributed by atoms with Crippen LogP contribution in [-0.4, -0.2) is 40.2 Å². The van der Waals surface area contributed by atoms with Crippen molar-refractivity contribution in [3.05, 3.63) is 84.6 Å². The third-order valence-electron chi connectivity index (χ3n) is 4.22. The number of aromatic nitrogens is 1. The van der Waals surface area contributed by atoms with Crippen molar-refractivity contribution in [2.45, 2.75) is 6.54 Å². The third-order valence-corrected chi connectivity index (χ3v) is 4.22. The van der Waals surface area contributed by atoms with Crippen LogP contribution in [0, 0.1) is 0 Å². The van der Waals surface area contributed by atoms with Crippen molar-refractivity contribution in [2.75, 3.05) is 19.7 Å². The summed E-state index contributed by atoms with van der Waals surface area (Å²) in [7, 11) is 0. The van der Waals surface area contributed by atoms with Gasteiger partial charge in [0.05, 0.1) is 6.61 Å². The lowest BCUT2D eigenvalue weighted by atomic mass is 10.2. The van der Waals surface area contributed by atoms with Crippen LogP contribution in [0.5, 0.6) is 0 Å². The highest BCUT2D eigenvalue weighted by Gasteiger charge is 2.20. The topological polar surface area (TPSA) is 45.5 Å². The first kappa shape index (κ1) is 17.0. The summed E-state index contributed by atoms with van der Waals surface area (Å²) in [6, 6.07) is 20.0. The molecule has 4 heteroatoms. The first-order valence-electron chi connectivity index (χ1n) is 8.38. The Morgan fingerprint density at radius 1 is 1.12 bits per heavy atom. The zero-order valence-electron chi connectivity index (χ0n) is 14.1. The van der Waals surface area contributed by atoms with E-state index in [1.54, 1.807) is 11.0 Å². The Morgan fingerprint density at radius 2 is 1.84 bits per heavy atom. The van der Waals surface area contributed by atoms with E-state index in [1.165, 1.54) is 0 Å². The molecule has 25 heavy (non-hydrogen) atoms. The van der Waals surface area contributed by atoms with Gasteiger partial charge in [-0.3, -0.25) is 4.79 Å². The number of carbonyl (C=O) groups excluding carboxylic acids is 1. The maximum absolute atomic E-state index is 13.1. The molecule has 1 aromatic heterocycles. The molecule has 4 nitrogen and oxygen atoms in total. The van der Waals surface area contributed by atoms with E-state index in [0.717, 1.165) is 16.5 Å². The van der Waals surface area contributed by atoms with Crippen LogP contribution in [0.15, 0.2) is 73.3 Å². The van der Waals surface area contributed by atoms with E-state index in [9.17, 15) is 9.90 Å². The number of amides is 1. The fourth-order valence-corrected chi connectivity index (χ4v) is 3.04. The summed E-state index contributed by atoms with van der Waals surface area (Å²) in [6.45, 7) is 4.96. The number of hydrogen-bond donors (Lipinski definition) is 1. The van der Waals surface area contributed by atoms with Gasteiger partial charge in [-0.05, 0) is 17.7 Å². The van der Waals surface area contributed by atoms with Crippen molar-refractivity contribution >= 4 is 16.8 Å². The van der Waals surface area contributed by atoms with Crippen LogP contribution >= 0.6 is 0 Å². The molecule has 1 amide bonds. The molecule has 0 atom stereocenters. The number of para-hydroxylation sites is 1. The van der Waals surface area contributed by atoms with Crippen molar-refractivity contribution in [2.24, 2.45) is 0 Å². The summed E-state index contributed by atoms with van der Waals surface area (Å²) >= 11 is 0. The molecule has 0 aliphatic rings. The zero-order valence-corrected chi connectivity index (χ0v) is 14.1. The van der Waals surface area contributed by atoms with Crippen LogP contribution in [0.2, 0.25) is 0 Å². The van der Waals surface area contributed by atoms with Gasteiger partial charge >= 0.3 is 0 Å². The van der Waals surface area contributed by atoms with Crippen LogP contribution in [0.25, 0.3) is 10.9 Å². The van der Waals surface area contributed by atoms with E-state index in [1.807, 2.05) is 53.1 Å². The summed E-state index contributed by atoms with van der Waals surface area (Å²) in [5.41, 5.74) is 2.79. The van der Waals surface area contributed by atoms with E-state index < -0.39 is 0 Å². The van der Waals surface area contributed by atoms with Crippen LogP contribution in [0.4, 0.5) is 0 Å². The molecule has 0 unspecified atom stereocenters. The van der Waals surface area contributed by atoms with Gasteiger partial charge < -0.3 is 14.6 Å². The zero-order chi connectivity index (χ0) is 17.6. The number of benzene rings is 2. The van der Waals surface area contributed by atoms with E-state index in [-0.39, 0.29) is 19.1 Å². The first-order valence-corrected chi connectivity index (χ1v) is 8.38. The van der Waals surface area contributed by atoms with Crippen molar-refractivity contribution < 1.29 is 9.90 Å². The Kier molecular flexibility index (Phi) is 5.31. The minimum Gasteiger partial charge on any atom is -0.395 e. The second-order valence-corrected chi connectivity index (χ2v) is 5.92. The lowest BCUT2D eigenvalue weighted by molar-refractivity contribution is 0.0733. The molecule has 0 saturated heterocycles. The quantitative estimate of drug-likeness (QED) is 0.674. The molecule has 0 saturated carbocycles. The van der Waals surface area contributed by atoms with Crippen molar-refractivity contribution in [1.29, 1.82) is 0 Å². The summed E-state index contributed by atoms with van der Waals surface area (Å²) in [5, 5.41) is 10.3. The Morgan fingerprint density at radius 3 is 2.56 bits per heavy atom. The van der Waals surface area contributed by atoms with Crippen LogP contribution in [-0.2, 0) is 6.54 Å². The lowest BCUT2D eigenvalue weighted by Crippen LogP contribution is -2.35. The van der Waals surface area contributed by atoms with E-state index >= 15 is 0 Å².